The van der Waals surface area contributed by atoms with E-state index in [1.807, 2.05) is 30.5 Å². The summed E-state index contributed by atoms with van der Waals surface area (Å²) in [5, 5.41) is 0.138. The number of piperazine rings is 1. The van der Waals surface area contributed by atoms with Gasteiger partial charge in [-0.15, -0.1) is 0 Å². The highest BCUT2D eigenvalue weighted by atomic mass is 28.3. The largest absolute Gasteiger partial charge is 0.412 e. The predicted octanol–water partition coefficient (Wildman–Crippen LogP) is 4.79. The summed E-state index contributed by atoms with van der Waals surface area (Å²) in [6.45, 7) is 14.3. The van der Waals surface area contributed by atoms with Crippen LogP contribution in [-0.4, -0.2) is 40.2 Å². The SMILES string of the molecule is Cc1cccnc1N1CCN(c2cccc(CO[Si](C)C(C)(C)C)c2F)CC1. The fourth-order valence-corrected chi connectivity index (χ4v) is 4.10. The lowest BCUT2D eigenvalue weighted by atomic mass is 10.1. The number of aryl methyl sites for hydroxylation is 1. The van der Waals surface area contributed by atoms with Crippen molar-refractivity contribution in [2.24, 2.45) is 0 Å². The Morgan fingerprint density at radius 1 is 1.07 bits per heavy atom. The Labute approximate surface area is 170 Å². The Balaban J connectivity index is 1.66. The van der Waals surface area contributed by atoms with Gasteiger partial charge in [0.1, 0.15) is 5.82 Å². The molecule has 0 aliphatic carbocycles. The maximum absolute atomic E-state index is 15.2. The van der Waals surface area contributed by atoms with Crippen molar-refractivity contribution < 1.29 is 8.82 Å². The average Bonchev–Trinajstić information content (AvgIpc) is 2.67. The highest BCUT2D eigenvalue weighted by Gasteiger charge is 2.25. The number of benzene rings is 1. The summed E-state index contributed by atoms with van der Waals surface area (Å²) in [5.41, 5.74) is 2.51. The summed E-state index contributed by atoms with van der Waals surface area (Å²) in [7, 11) is -0.992. The first-order valence-electron chi connectivity index (χ1n) is 9.93. The first kappa shape index (κ1) is 20.8. The Morgan fingerprint density at radius 2 is 1.75 bits per heavy atom. The lowest BCUT2D eigenvalue weighted by Crippen LogP contribution is -2.47. The molecule has 0 atom stereocenters. The molecular formula is C22H31FN3OSi. The van der Waals surface area contributed by atoms with E-state index in [2.05, 4.69) is 55.1 Å². The number of hydrogen-bond donors (Lipinski definition) is 0. The average molecular weight is 401 g/mol. The van der Waals surface area contributed by atoms with Crippen LogP contribution in [0.25, 0.3) is 0 Å². The molecule has 2 aromatic rings. The summed E-state index contributed by atoms with van der Waals surface area (Å²) < 4.78 is 21.2. The molecule has 1 aromatic heterocycles. The first-order chi connectivity index (χ1) is 13.3. The fourth-order valence-electron chi connectivity index (χ4n) is 3.29. The van der Waals surface area contributed by atoms with Gasteiger partial charge in [-0.1, -0.05) is 39.0 Å². The summed E-state index contributed by atoms with van der Waals surface area (Å²) in [6.07, 6.45) is 1.83. The highest BCUT2D eigenvalue weighted by Crippen LogP contribution is 2.29. The molecule has 1 radical (unpaired) electrons. The zero-order valence-electron chi connectivity index (χ0n) is 17.6. The molecule has 1 aliphatic heterocycles. The van der Waals surface area contributed by atoms with Gasteiger partial charge in [-0.2, -0.15) is 0 Å². The summed E-state index contributed by atoms with van der Waals surface area (Å²) in [6, 6.07) is 9.69. The molecular weight excluding hydrogens is 369 g/mol. The molecule has 0 saturated carbocycles. The van der Waals surface area contributed by atoms with Crippen molar-refractivity contribution in [1.29, 1.82) is 0 Å². The fraction of sp³-hybridized carbons (Fsp3) is 0.500. The lowest BCUT2D eigenvalue weighted by Gasteiger charge is -2.37. The smallest absolute Gasteiger partial charge is 0.214 e. The van der Waals surface area contributed by atoms with Crippen molar-refractivity contribution in [2.45, 2.75) is 45.9 Å². The second-order valence-electron chi connectivity index (χ2n) is 8.46. The standard InChI is InChI=1S/C22H31FN3OSi/c1-17-8-7-11-24-21(17)26-14-12-25(13-15-26)19-10-6-9-18(20(19)23)16-27-28(5)22(2,3)4/h6-11H,12-16H2,1-5H3. The van der Waals surface area contributed by atoms with Gasteiger partial charge in [0.25, 0.3) is 0 Å². The van der Waals surface area contributed by atoms with E-state index in [1.165, 1.54) is 5.56 Å². The highest BCUT2D eigenvalue weighted by molar-refractivity contribution is 6.53. The van der Waals surface area contributed by atoms with Gasteiger partial charge in [-0.3, -0.25) is 0 Å². The van der Waals surface area contributed by atoms with Crippen LogP contribution < -0.4 is 9.80 Å². The van der Waals surface area contributed by atoms with Crippen molar-refractivity contribution in [3.8, 4) is 0 Å². The van der Waals surface area contributed by atoms with E-state index in [0.29, 0.717) is 17.9 Å². The zero-order chi connectivity index (χ0) is 20.3. The van der Waals surface area contributed by atoms with E-state index in [1.54, 1.807) is 0 Å². The van der Waals surface area contributed by atoms with Gasteiger partial charge in [0, 0.05) is 37.9 Å². The van der Waals surface area contributed by atoms with Gasteiger partial charge in [0.15, 0.2) is 5.82 Å². The van der Waals surface area contributed by atoms with E-state index in [0.717, 1.165) is 32.0 Å². The van der Waals surface area contributed by atoms with Crippen LogP contribution in [0.1, 0.15) is 31.9 Å². The molecule has 4 nitrogen and oxygen atoms in total. The molecule has 0 bridgehead atoms. The number of hydrogen-bond acceptors (Lipinski definition) is 4. The summed E-state index contributed by atoms with van der Waals surface area (Å²) in [5.74, 6) is 0.887. The normalized spacial score (nSPS) is 15.4. The number of rotatable bonds is 5. The quantitative estimate of drug-likeness (QED) is 0.675. The van der Waals surface area contributed by atoms with E-state index in [9.17, 15) is 0 Å². The van der Waals surface area contributed by atoms with Gasteiger partial charge in [-0.25, -0.2) is 9.37 Å². The zero-order valence-corrected chi connectivity index (χ0v) is 18.6. The topological polar surface area (TPSA) is 28.6 Å². The second kappa shape index (κ2) is 8.62. The third kappa shape index (κ3) is 4.73. The first-order valence-corrected chi connectivity index (χ1v) is 11.8. The van der Waals surface area contributed by atoms with Crippen molar-refractivity contribution in [3.63, 3.8) is 0 Å². The van der Waals surface area contributed by atoms with Crippen LogP contribution in [-0.2, 0) is 11.0 Å². The summed E-state index contributed by atoms with van der Waals surface area (Å²) >= 11 is 0. The second-order valence-corrected chi connectivity index (χ2v) is 11.4. The molecule has 2 heterocycles. The third-order valence-corrected chi connectivity index (χ3v) is 8.15. The maximum atomic E-state index is 15.2. The van der Waals surface area contributed by atoms with Gasteiger partial charge in [0.05, 0.1) is 12.3 Å². The Hall–Kier alpha value is -1.92. The summed E-state index contributed by atoms with van der Waals surface area (Å²) in [4.78, 5) is 8.93. The molecule has 1 aliphatic rings. The van der Waals surface area contributed by atoms with Crippen molar-refractivity contribution in [2.75, 3.05) is 36.0 Å². The van der Waals surface area contributed by atoms with E-state index in [4.69, 9.17) is 4.43 Å². The van der Waals surface area contributed by atoms with E-state index < -0.39 is 9.04 Å². The van der Waals surface area contributed by atoms with Crippen LogP contribution in [0.2, 0.25) is 11.6 Å². The number of anilines is 2. The minimum atomic E-state index is -0.992. The van der Waals surface area contributed by atoms with E-state index >= 15 is 4.39 Å². The van der Waals surface area contributed by atoms with Crippen molar-refractivity contribution in [1.82, 2.24) is 4.98 Å². The number of aromatic nitrogens is 1. The van der Waals surface area contributed by atoms with Gasteiger partial charge < -0.3 is 14.2 Å². The van der Waals surface area contributed by atoms with Gasteiger partial charge in [-0.05, 0) is 36.2 Å². The molecule has 1 fully saturated rings. The minimum absolute atomic E-state index is 0.138. The van der Waals surface area contributed by atoms with Gasteiger partial charge in [0.2, 0.25) is 9.04 Å². The monoisotopic (exact) mass is 400 g/mol. The number of nitrogens with zero attached hydrogens (tertiary/aromatic N) is 3. The molecule has 1 saturated heterocycles. The minimum Gasteiger partial charge on any atom is -0.412 e. The Morgan fingerprint density at radius 3 is 2.39 bits per heavy atom. The molecule has 0 N–H and O–H groups in total. The van der Waals surface area contributed by atoms with E-state index in [-0.39, 0.29) is 10.9 Å². The predicted molar refractivity (Wildman–Crippen MR) is 116 cm³/mol. The maximum Gasteiger partial charge on any atom is 0.214 e. The molecule has 0 amide bonds. The molecule has 151 valence electrons. The van der Waals surface area contributed by atoms with Crippen LogP contribution in [0.3, 0.4) is 0 Å². The van der Waals surface area contributed by atoms with Crippen LogP contribution in [0.5, 0.6) is 0 Å². The molecule has 0 unspecified atom stereocenters. The lowest BCUT2D eigenvalue weighted by molar-refractivity contribution is 0.288. The molecule has 3 rings (SSSR count). The van der Waals surface area contributed by atoms with Crippen LogP contribution >= 0.6 is 0 Å². The van der Waals surface area contributed by atoms with Crippen molar-refractivity contribution in [3.05, 3.63) is 53.5 Å². The molecule has 6 heteroatoms. The Kier molecular flexibility index (Phi) is 6.40. The number of pyridine rings is 1. The third-order valence-electron chi connectivity index (χ3n) is 5.46. The number of halogens is 1. The van der Waals surface area contributed by atoms with Gasteiger partial charge >= 0.3 is 0 Å². The van der Waals surface area contributed by atoms with Crippen molar-refractivity contribution >= 4 is 20.5 Å². The molecule has 28 heavy (non-hydrogen) atoms. The van der Waals surface area contributed by atoms with Crippen LogP contribution in [0.15, 0.2) is 36.5 Å². The van der Waals surface area contributed by atoms with Crippen LogP contribution in [0, 0.1) is 12.7 Å². The Bertz CT molecular complexity index is 801. The molecule has 0 spiro atoms. The van der Waals surface area contributed by atoms with Crippen LogP contribution in [0.4, 0.5) is 15.9 Å². The molecule has 1 aromatic carbocycles.